The average molecular weight is 465 g/mol. The number of hydrogen-bond donors (Lipinski definition) is 1. The number of benzene rings is 2. The minimum atomic E-state index is -3.70. The van der Waals surface area contributed by atoms with Crippen LogP contribution in [-0.4, -0.2) is 66.3 Å². The van der Waals surface area contributed by atoms with Gasteiger partial charge in [-0.2, -0.15) is 4.31 Å². The summed E-state index contributed by atoms with van der Waals surface area (Å²) in [6, 6.07) is 9.88. The fraction of sp³-hybridized carbons (Fsp3) is 0.409. The van der Waals surface area contributed by atoms with E-state index in [1.807, 2.05) is 12.1 Å². The van der Waals surface area contributed by atoms with Crippen LogP contribution >= 0.6 is 0 Å². The van der Waals surface area contributed by atoms with Gasteiger partial charge in [0.25, 0.3) is 0 Å². The molecule has 3 rings (SSSR count). The van der Waals surface area contributed by atoms with Crippen molar-refractivity contribution in [3.8, 4) is 17.2 Å². The molecule has 32 heavy (non-hydrogen) atoms. The predicted molar refractivity (Wildman–Crippen MR) is 119 cm³/mol. The zero-order valence-electron chi connectivity index (χ0n) is 18.4. The van der Waals surface area contributed by atoms with E-state index in [1.54, 1.807) is 20.3 Å². The minimum absolute atomic E-state index is 0.0908. The number of nitrogens with zero attached hydrogens (tertiary/aromatic N) is 1. The molecule has 0 bridgehead atoms. The molecular weight excluding hydrogens is 436 g/mol. The molecule has 0 radical (unpaired) electrons. The number of methoxy groups -OCH3 is 3. The molecule has 1 aliphatic heterocycles. The predicted octanol–water partition coefficient (Wildman–Crippen LogP) is 2.30. The van der Waals surface area contributed by atoms with E-state index in [1.165, 1.54) is 29.6 Å². The number of anilines is 1. The van der Waals surface area contributed by atoms with E-state index in [9.17, 15) is 13.2 Å². The number of sulfonamides is 1. The molecule has 1 fully saturated rings. The van der Waals surface area contributed by atoms with Gasteiger partial charge in [-0.1, -0.05) is 0 Å². The highest BCUT2D eigenvalue weighted by molar-refractivity contribution is 7.89. The van der Waals surface area contributed by atoms with Crippen molar-refractivity contribution in [3.63, 3.8) is 0 Å². The van der Waals surface area contributed by atoms with Crippen LogP contribution in [0.25, 0.3) is 0 Å². The lowest BCUT2D eigenvalue weighted by Crippen LogP contribution is -2.40. The summed E-state index contributed by atoms with van der Waals surface area (Å²) in [4.78, 5) is 12.7. The number of morpholine rings is 1. The Labute approximate surface area is 188 Å². The SMILES string of the molecule is COc1cc(CCC(=O)Nc2cc(S(=O)(=O)N3CCOCC3)ccc2OC)cc(OC)c1. The van der Waals surface area contributed by atoms with Gasteiger partial charge in [0, 0.05) is 25.6 Å². The minimum Gasteiger partial charge on any atom is -0.497 e. The molecule has 174 valence electrons. The van der Waals surface area contributed by atoms with Crippen LogP contribution in [0.15, 0.2) is 41.3 Å². The Kier molecular flexibility index (Phi) is 7.94. The number of ether oxygens (including phenoxy) is 4. The maximum atomic E-state index is 12.9. The second kappa shape index (κ2) is 10.7. The highest BCUT2D eigenvalue weighted by Gasteiger charge is 2.27. The molecule has 2 aromatic carbocycles. The Hall–Kier alpha value is -2.82. The first-order valence-electron chi connectivity index (χ1n) is 10.1. The van der Waals surface area contributed by atoms with Crippen LogP contribution in [0.5, 0.6) is 17.2 Å². The van der Waals surface area contributed by atoms with Crippen molar-refractivity contribution in [2.24, 2.45) is 0 Å². The number of aryl methyl sites for hydroxylation is 1. The van der Waals surface area contributed by atoms with Crippen LogP contribution in [-0.2, 0) is 26.0 Å². The van der Waals surface area contributed by atoms with E-state index < -0.39 is 10.0 Å². The maximum Gasteiger partial charge on any atom is 0.243 e. The third kappa shape index (κ3) is 5.70. The number of amides is 1. The van der Waals surface area contributed by atoms with Crippen molar-refractivity contribution in [3.05, 3.63) is 42.0 Å². The smallest absolute Gasteiger partial charge is 0.243 e. The molecule has 1 saturated heterocycles. The summed E-state index contributed by atoms with van der Waals surface area (Å²) in [6.45, 7) is 1.29. The van der Waals surface area contributed by atoms with Crippen molar-refractivity contribution < 1.29 is 32.2 Å². The third-order valence-electron chi connectivity index (χ3n) is 5.10. The molecule has 0 spiro atoms. The molecule has 1 N–H and O–H groups in total. The summed E-state index contributed by atoms with van der Waals surface area (Å²) in [5.74, 6) is 1.39. The molecular formula is C22H28N2O7S. The van der Waals surface area contributed by atoms with E-state index in [4.69, 9.17) is 18.9 Å². The Bertz CT molecular complexity index is 1030. The number of carbonyl (C=O) groups is 1. The molecule has 0 saturated carbocycles. The zero-order chi connectivity index (χ0) is 23.1. The highest BCUT2D eigenvalue weighted by Crippen LogP contribution is 2.30. The van der Waals surface area contributed by atoms with E-state index in [-0.39, 0.29) is 17.2 Å². The highest BCUT2D eigenvalue weighted by atomic mass is 32.2. The van der Waals surface area contributed by atoms with Crippen molar-refractivity contribution >= 4 is 21.6 Å². The van der Waals surface area contributed by atoms with Gasteiger partial charge in [0.05, 0.1) is 45.1 Å². The number of nitrogens with one attached hydrogen (secondary N) is 1. The van der Waals surface area contributed by atoms with Gasteiger partial charge in [-0.25, -0.2) is 8.42 Å². The first-order chi connectivity index (χ1) is 15.4. The van der Waals surface area contributed by atoms with E-state index in [2.05, 4.69) is 5.32 Å². The van der Waals surface area contributed by atoms with E-state index in [0.29, 0.717) is 55.7 Å². The van der Waals surface area contributed by atoms with Crippen molar-refractivity contribution in [1.82, 2.24) is 4.31 Å². The molecule has 0 aliphatic carbocycles. The van der Waals surface area contributed by atoms with Gasteiger partial charge in [-0.15, -0.1) is 0 Å². The molecule has 1 aliphatic rings. The lowest BCUT2D eigenvalue weighted by molar-refractivity contribution is -0.116. The summed E-state index contributed by atoms with van der Waals surface area (Å²) in [6.07, 6.45) is 0.632. The van der Waals surface area contributed by atoms with Crippen molar-refractivity contribution in [2.75, 3.05) is 52.9 Å². The second-order valence-corrected chi connectivity index (χ2v) is 9.09. The topological polar surface area (TPSA) is 103 Å². The summed E-state index contributed by atoms with van der Waals surface area (Å²) in [5.41, 5.74) is 1.18. The summed E-state index contributed by atoms with van der Waals surface area (Å²) >= 11 is 0. The Balaban J connectivity index is 1.73. The Morgan fingerprint density at radius 3 is 2.25 bits per heavy atom. The number of rotatable bonds is 9. The summed E-state index contributed by atoms with van der Waals surface area (Å²) in [7, 11) is 0.895. The number of carbonyl (C=O) groups excluding carboxylic acids is 1. The van der Waals surface area contributed by atoms with Gasteiger partial charge in [0.2, 0.25) is 15.9 Å². The van der Waals surface area contributed by atoms with Gasteiger partial charge in [-0.05, 0) is 42.3 Å². The first-order valence-corrected chi connectivity index (χ1v) is 11.6. The van der Waals surface area contributed by atoms with Crippen molar-refractivity contribution in [1.29, 1.82) is 0 Å². The van der Waals surface area contributed by atoms with Gasteiger partial charge in [-0.3, -0.25) is 4.79 Å². The van der Waals surface area contributed by atoms with E-state index in [0.717, 1.165) is 5.56 Å². The first kappa shape index (κ1) is 23.8. The fourth-order valence-corrected chi connectivity index (χ4v) is 4.80. The molecule has 2 aromatic rings. The molecule has 10 heteroatoms. The van der Waals surface area contributed by atoms with Crippen LogP contribution in [0, 0.1) is 0 Å². The summed E-state index contributed by atoms with van der Waals surface area (Å²) < 4.78 is 48.3. The van der Waals surface area contributed by atoms with Crippen LogP contribution in [0.1, 0.15) is 12.0 Å². The normalized spacial score (nSPS) is 14.6. The number of hydrogen-bond acceptors (Lipinski definition) is 7. The molecule has 1 amide bonds. The standard InChI is InChI=1S/C22H28N2O7S/c1-28-17-12-16(13-18(14-17)29-2)4-7-22(25)23-20-15-19(5-6-21(20)30-3)32(26,27)24-8-10-31-11-9-24/h5-6,12-15H,4,7-11H2,1-3H3,(H,23,25). The monoisotopic (exact) mass is 464 g/mol. The van der Waals surface area contributed by atoms with Crippen LogP contribution in [0.3, 0.4) is 0 Å². The van der Waals surface area contributed by atoms with Crippen LogP contribution in [0.2, 0.25) is 0 Å². The van der Waals surface area contributed by atoms with Crippen LogP contribution in [0.4, 0.5) is 5.69 Å². The molecule has 0 atom stereocenters. The van der Waals surface area contributed by atoms with Gasteiger partial charge in [0.15, 0.2) is 0 Å². The average Bonchev–Trinajstić information content (AvgIpc) is 2.82. The van der Waals surface area contributed by atoms with E-state index >= 15 is 0 Å². The molecule has 9 nitrogen and oxygen atoms in total. The molecule has 1 heterocycles. The largest absolute Gasteiger partial charge is 0.497 e. The fourth-order valence-electron chi connectivity index (χ4n) is 3.36. The lowest BCUT2D eigenvalue weighted by Gasteiger charge is -2.26. The van der Waals surface area contributed by atoms with Gasteiger partial charge < -0.3 is 24.3 Å². The maximum absolute atomic E-state index is 12.9. The molecule has 0 unspecified atom stereocenters. The Morgan fingerprint density at radius 2 is 1.66 bits per heavy atom. The van der Waals surface area contributed by atoms with Gasteiger partial charge in [0.1, 0.15) is 17.2 Å². The van der Waals surface area contributed by atoms with Crippen molar-refractivity contribution in [2.45, 2.75) is 17.7 Å². The second-order valence-electron chi connectivity index (χ2n) is 7.15. The van der Waals surface area contributed by atoms with Gasteiger partial charge >= 0.3 is 0 Å². The quantitative estimate of drug-likeness (QED) is 0.607. The van der Waals surface area contributed by atoms with Crippen LogP contribution < -0.4 is 19.5 Å². The third-order valence-corrected chi connectivity index (χ3v) is 7.00. The summed E-state index contributed by atoms with van der Waals surface area (Å²) in [5, 5.41) is 2.77. The zero-order valence-corrected chi connectivity index (χ0v) is 19.2. The lowest BCUT2D eigenvalue weighted by atomic mass is 10.1. The molecule has 0 aromatic heterocycles. The Morgan fingerprint density at radius 1 is 1.00 bits per heavy atom.